The zero-order valence-electron chi connectivity index (χ0n) is 16.6. The van der Waals surface area contributed by atoms with Gasteiger partial charge in [-0.2, -0.15) is 10.5 Å². The van der Waals surface area contributed by atoms with Gasteiger partial charge in [-0.3, -0.25) is 0 Å². The molecule has 3 fully saturated rings. The number of nitriles is 2. The van der Waals surface area contributed by atoms with Crippen LogP contribution in [0.4, 0.5) is 5.82 Å². The highest BCUT2D eigenvalue weighted by Gasteiger charge is 2.34. The van der Waals surface area contributed by atoms with Crippen molar-refractivity contribution in [3.63, 3.8) is 0 Å². The Morgan fingerprint density at radius 2 is 1.61 bits per heavy atom. The highest BCUT2D eigenvalue weighted by atomic mass is 32.1. The van der Waals surface area contributed by atoms with Gasteiger partial charge in [0, 0.05) is 45.8 Å². The van der Waals surface area contributed by atoms with E-state index in [4.69, 9.17) is 0 Å². The number of rotatable bonds is 4. The van der Waals surface area contributed by atoms with E-state index in [0.29, 0.717) is 28.0 Å². The zero-order valence-corrected chi connectivity index (χ0v) is 17.5. The van der Waals surface area contributed by atoms with Crippen LogP contribution in [0.5, 0.6) is 0 Å². The van der Waals surface area contributed by atoms with Crippen molar-refractivity contribution in [2.45, 2.75) is 36.6 Å². The third-order valence-electron chi connectivity index (χ3n) is 6.43. The van der Waals surface area contributed by atoms with Gasteiger partial charge in [0.15, 0.2) is 0 Å². The molecule has 1 saturated carbocycles. The molecule has 1 aliphatic carbocycles. The van der Waals surface area contributed by atoms with E-state index in [-0.39, 0.29) is 0 Å². The van der Waals surface area contributed by atoms with Crippen LogP contribution in [0.15, 0.2) is 5.03 Å². The highest BCUT2D eigenvalue weighted by Crippen LogP contribution is 2.46. The SMILES string of the molecule is CN1CCN(CC2CCN(c3nc(S)c(C#N)c(C4CC4)c3C#N)CC2)CC1. The van der Waals surface area contributed by atoms with E-state index in [0.717, 1.165) is 63.2 Å². The topological polar surface area (TPSA) is 70.2 Å². The molecule has 0 N–H and O–H groups in total. The van der Waals surface area contributed by atoms with E-state index in [1.807, 2.05) is 0 Å². The van der Waals surface area contributed by atoms with Crippen LogP contribution in [0.3, 0.4) is 0 Å². The number of piperazine rings is 1. The smallest absolute Gasteiger partial charge is 0.148 e. The molecule has 2 saturated heterocycles. The van der Waals surface area contributed by atoms with Crippen molar-refractivity contribution in [3.8, 4) is 12.1 Å². The molecule has 2 aliphatic heterocycles. The molecule has 0 unspecified atom stereocenters. The molecule has 0 atom stereocenters. The molecular weight excluding hydrogens is 368 g/mol. The van der Waals surface area contributed by atoms with Gasteiger partial charge >= 0.3 is 0 Å². The lowest BCUT2D eigenvalue weighted by Gasteiger charge is -2.38. The lowest BCUT2D eigenvalue weighted by Crippen LogP contribution is -2.47. The lowest BCUT2D eigenvalue weighted by molar-refractivity contribution is 0.129. The monoisotopic (exact) mass is 396 g/mol. The Bertz CT molecular complexity index is 806. The normalized spacial score (nSPS) is 22.1. The number of aromatic nitrogens is 1. The second-order valence-electron chi connectivity index (χ2n) is 8.45. The first-order valence-corrected chi connectivity index (χ1v) is 10.8. The maximum Gasteiger partial charge on any atom is 0.148 e. The molecule has 0 radical (unpaired) electrons. The van der Waals surface area contributed by atoms with E-state index < -0.39 is 0 Å². The third-order valence-corrected chi connectivity index (χ3v) is 6.76. The summed E-state index contributed by atoms with van der Waals surface area (Å²) in [4.78, 5) is 11.8. The summed E-state index contributed by atoms with van der Waals surface area (Å²) in [6.45, 7) is 7.67. The van der Waals surface area contributed by atoms with Gasteiger partial charge in [-0.05, 0) is 50.1 Å². The quantitative estimate of drug-likeness (QED) is 0.789. The molecule has 0 amide bonds. The molecule has 1 aromatic heterocycles. The predicted molar refractivity (Wildman–Crippen MR) is 112 cm³/mol. The van der Waals surface area contributed by atoms with Gasteiger partial charge in [0.2, 0.25) is 0 Å². The molecule has 0 aromatic carbocycles. The van der Waals surface area contributed by atoms with Crippen molar-refractivity contribution in [3.05, 3.63) is 16.7 Å². The van der Waals surface area contributed by atoms with Crippen LogP contribution < -0.4 is 4.90 Å². The van der Waals surface area contributed by atoms with Crippen molar-refractivity contribution < 1.29 is 0 Å². The zero-order chi connectivity index (χ0) is 19.7. The molecule has 28 heavy (non-hydrogen) atoms. The van der Waals surface area contributed by atoms with Gasteiger partial charge in [-0.25, -0.2) is 4.98 Å². The summed E-state index contributed by atoms with van der Waals surface area (Å²) < 4.78 is 0. The predicted octanol–water partition coefficient (Wildman–Crippen LogP) is 2.45. The van der Waals surface area contributed by atoms with E-state index in [9.17, 15) is 10.5 Å². The van der Waals surface area contributed by atoms with Crippen LogP contribution in [0.25, 0.3) is 0 Å². The summed E-state index contributed by atoms with van der Waals surface area (Å²) in [6, 6.07) is 4.59. The minimum atomic E-state index is 0.326. The molecule has 0 spiro atoms. The van der Waals surface area contributed by atoms with Gasteiger partial charge in [0.25, 0.3) is 0 Å². The van der Waals surface area contributed by atoms with Crippen LogP contribution in [0, 0.1) is 28.6 Å². The van der Waals surface area contributed by atoms with Gasteiger partial charge in [-0.15, -0.1) is 12.6 Å². The van der Waals surface area contributed by atoms with Gasteiger partial charge in [0.05, 0.1) is 11.1 Å². The Balaban J connectivity index is 1.46. The molecule has 0 bridgehead atoms. The number of anilines is 1. The van der Waals surface area contributed by atoms with Crippen LogP contribution in [-0.4, -0.2) is 67.6 Å². The molecular formula is C21H28N6S. The maximum atomic E-state index is 9.85. The number of hydrogen-bond acceptors (Lipinski definition) is 7. The number of pyridine rings is 1. The Labute approximate surface area is 173 Å². The van der Waals surface area contributed by atoms with E-state index >= 15 is 0 Å². The van der Waals surface area contributed by atoms with E-state index in [2.05, 4.69) is 51.5 Å². The summed E-state index contributed by atoms with van der Waals surface area (Å²) >= 11 is 4.48. The molecule has 6 nitrogen and oxygen atoms in total. The van der Waals surface area contributed by atoms with Crippen LogP contribution in [0.1, 0.15) is 48.3 Å². The Kier molecular flexibility index (Phi) is 5.78. The number of likely N-dealkylation sites (N-methyl/N-ethyl adjacent to an activating group) is 1. The third kappa shape index (κ3) is 3.98. The first-order chi connectivity index (χ1) is 13.6. The van der Waals surface area contributed by atoms with Crippen LogP contribution >= 0.6 is 12.6 Å². The van der Waals surface area contributed by atoms with Crippen LogP contribution in [-0.2, 0) is 0 Å². The maximum absolute atomic E-state index is 9.85. The number of hydrogen-bond donors (Lipinski definition) is 1. The van der Waals surface area contributed by atoms with E-state index in [1.165, 1.54) is 19.6 Å². The fourth-order valence-corrected chi connectivity index (χ4v) is 4.80. The van der Waals surface area contributed by atoms with Crippen molar-refractivity contribution in [1.29, 1.82) is 10.5 Å². The molecule has 148 valence electrons. The average molecular weight is 397 g/mol. The number of piperidine rings is 1. The summed E-state index contributed by atoms with van der Waals surface area (Å²) in [7, 11) is 2.19. The molecule has 4 rings (SSSR count). The van der Waals surface area contributed by atoms with Crippen LogP contribution in [0.2, 0.25) is 0 Å². The first-order valence-electron chi connectivity index (χ1n) is 10.3. The fourth-order valence-electron chi connectivity index (χ4n) is 4.53. The minimum absolute atomic E-state index is 0.326. The highest BCUT2D eigenvalue weighted by molar-refractivity contribution is 7.80. The van der Waals surface area contributed by atoms with Crippen molar-refractivity contribution in [1.82, 2.24) is 14.8 Å². The molecule has 1 aromatic rings. The molecule has 3 heterocycles. The second kappa shape index (κ2) is 8.29. The largest absolute Gasteiger partial charge is 0.355 e. The average Bonchev–Trinajstić information content (AvgIpc) is 3.54. The first kappa shape index (κ1) is 19.5. The summed E-state index contributed by atoms with van der Waals surface area (Å²) in [5.41, 5.74) is 1.99. The second-order valence-corrected chi connectivity index (χ2v) is 8.88. The fraction of sp³-hybridized carbons (Fsp3) is 0.667. The standard InChI is InChI=1S/C21H28N6S/c1-25-8-10-26(11-9-25)14-15-4-6-27(7-5-15)20-17(12-22)19(16-2-3-16)18(13-23)21(28)24-20/h15-16H,2-11,14H2,1H3,(H,24,28). The summed E-state index contributed by atoms with van der Waals surface area (Å²) in [5.74, 6) is 1.78. The van der Waals surface area contributed by atoms with Crippen molar-refractivity contribution >= 4 is 18.4 Å². The van der Waals surface area contributed by atoms with Crippen molar-refractivity contribution in [2.24, 2.45) is 5.92 Å². The Hall–Kier alpha value is -1.80. The number of thiol groups is 1. The Morgan fingerprint density at radius 3 is 2.18 bits per heavy atom. The van der Waals surface area contributed by atoms with Gasteiger partial charge in [-0.1, -0.05) is 0 Å². The number of nitrogens with zero attached hydrogens (tertiary/aromatic N) is 6. The van der Waals surface area contributed by atoms with Crippen molar-refractivity contribution in [2.75, 3.05) is 57.8 Å². The van der Waals surface area contributed by atoms with E-state index in [1.54, 1.807) is 0 Å². The lowest BCUT2D eigenvalue weighted by atomic mass is 9.94. The molecule has 7 heteroatoms. The van der Waals surface area contributed by atoms with Gasteiger partial charge < -0.3 is 14.7 Å². The van der Waals surface area contributed by atoms with Gasteiger partial charge in [0.1, 0.15) is 23.0 Å². The summed E-state index contributed by atoms with van der Waals surface area (Å²) in [6.07, 6.45) is 4.35. The minimum Gasteiger partial charge on any atom is -0.355 e. The summed E-state index contributed by atoms with van der Waals surface area (Å²) in [5, 5.41) is 19.9. The molecule has 3 aliphatic rings. The Morgan fingerprint density at radius 1 is 0.964 bits per heavy atom.